The molecule has 0 aliphatic carbocycles. The number of hydrogen-bond acceptors (Lipinski definition) is 4. The summed E-state index contributed by atoms with van der Waals surface area (Å²) < 4.78 is 13.2. The normalized spacial score (nSPS) is 15.0. The molecule has 2 aromatic carbocycles. The summed E-state index contributed by atoms with van der Waals surface area (Å²) in [6, 6.07) is 13.7. The largest absolute Gasteiger partial charge is 0.368 e. The Hall–Kier alpha value is -2.70. The van der Waals surface area contributed by atoms with Crippen LogP contribution < -0.4 is 10.2 Å². The van der Waals surface area contributed by atoms with Gasteiger partial charge in [-0.25, -0.2) is 4.39 Å². The number of piperazine rings is 1. The van der Waals surface area contributed by atoms with Crippen molar-refractivity contribution < 1.29 is 9.18 Å². The van der Waals surface area contributed by atoms with E-state index in [1.807, 2.05) is 24.3 Å². The van der Waals surface area contributed by atoms with Gasteiger partial charge in [0.1, 0.15) is 5.82 Å². The second-order valence-corrected chi connectivity index (χ2v) is 7.25. The molecule has 1 amide bonds. The van der Waals surface area contributed by atoms with Crippen LogP contribution in [0.2, 0.25) is 5.02 Å². The molecule has 2 heterocycles. The van der Waals surface area contributed by atoms with Gasteiger partial charge in [0, 0.05) is 54.2 Å². The van der Waals surface area contributed by atoms with Crippen molar-refractivity contribution in [3.8, 4) is 0 Å². The molecule has 4 rings (SSSR count). The minimum absolute atomic E-state index is 0.136. The molecule has 28 heavy (non-hydrogen) atoms. The van der Waals surface area contributed by atoms with Gasteiger partial charge in [-0.15, -0.1) is 0 Å². The van der Waals surface area contributed by atoms with Crippen LogP contribution in [0, 0.1) is 5.82 Å². The smallest absolute Gasteiger partial charge is 0.238 e. The topological polar surface area (TPSA) is 48.5 Å². The van der Waals surface area contributed by atoms with Gasteiger partial charge >= 0.3 is 0 Å². The second kappa shape index (κ2) is 8.12. The van der Waals surface area contributed by atoms with Gasteiger partial charge < -0.3 is 10.2 Å². The minimum Gasteiger partial charge on any atom is -0.368 e. The molecule has 7 heteroatoms. The van der Waals surface area contributed by atoms with Crippen LogP contribution in [0.1, 0.15) is 0 Å². The quantitative estimate of drug-likeness (QED) is 0.726. The maximum absolute atomic E-state index is 13.2. The summed E-state index contributed by atoms with van der Waals surface area (Å²) in [6.45, 7) is 3.46. The summed E-state index contributed by atoms with van der Waals surface area (Å²) in [7, 11) is 0. The van der Waals surface area contributed by atoms with Gasteiger partial charge in [-0.1, -0.05) is 17.7 Å². The lowest BCUT2D eigenvalue weighted by Gasteiger charge is -2.36. The number of aromatic nitrogens is 1. The lowest BCUT2D eigenvalue weighted by atomic mass is 10.1. The number of fused-ring (bicyclic) bond motifs is 1. The molecule has 144 valence electrons. The molecule has 1 saturated heterocycles. The third-order valence-electron chi connectivity index (χ3n) is 4.87. The first-order chi connectivity index (χ1) is 13.6. The van der Waals surface area contributed by atoms with E-state index in [9.17, 15) is 9.18 Å². The molecule has 0 radical (unpaired) electrons. The Morgan fingerprint density at radius 2 is 1.93 bits per heavy atom. The minimum atomic E-state index is -0.364. The number of amides is 1. The average Bonchev–Trinajstić information content (AvgIpc) is 2.68. The highest BCUT2D eigenvalue weighted by Crippen LogP contribution is 2.28. The Morgan fingerprint density at radius 3 is 2.71 bits per heavy atom. The van der Waals surface area contributed by atoms with E-state index in [2.05, 4.69) is 20.1 Å². The van der Waals surface area contributed by atoms with Gasteiger partial charge in [-0.05, 0) is 42.5 Å². The van der Waals surface area contributed by atoms with Crippen LogP contribution in [0.5, 0.6) is 0 Å². The third-order valence-corrected chi connectivity index (χ3v) is 5.11. The Morgan fingerprint density at radius 1 is 1.11 bits per heavy atom. The van der Waals surface area contributed by atoms with Crippen molar-refractivity contribution >= 4 is 39.8 Å². The summed E-state index contributed by atoms with van der Waals surface area (Å²) in [5.41, 5.74) is 2.48. The number of nitrogens with one attached hydrogen (secondary N) is 1. The molecule has 0 bridgehead atoms. The zero-order valence-corrected chi connectivity index (χ0v) is 16.0. The molecule has 1 N–H and O–H groups in total. The number of nitrogens with zero attached hydrogens (tertiary/aromatic N) is 3. The number of benzene rings is 2. The molecule has 1 fully saturated rings. The van der Waals surface area contributed by atoms with Gasteiger partial charge in [0.2, 0.25) is 5.91 Å². The standard InChI is InChI=1S/C21H20ClFN4O/c22-15-4-5-18-19(12-15)24-7-6-20(18)27-10-8-26(9-11-27)14-21(28)25-17-3-1-2-16(23)13-17/h1-7,12-13H,8-11,14H2,(H,25,28). The SMILES string of the molecule is O=C(CN1CCN(c2ccnc3cc(Cl)ccc23)CC1)Nc1cccc(F)c1. The van der Waals surface area contributed by atoms with Gasteiger partial charge in [0.15, 0.2) is 0 Å². The fourth-order valence-corrected chi connectivity index (χ4v) is 3.66. The van der Waals surface area contributed by atoms with E-state index in [1.54, 1.807) is 18.3 Å². The van der Waals surface area contributed by atoms with Gasteiger partial charge in [0.05, 0.1) is 12.1 Å². The van der Waals surface area contributed by atoms with Crippen LogP contribution in [0.15, 0.2) is 54.7 Å². The van der Waals surface area contributed by atoms with E-state index < -0.39 is 0 Å². The maximum atomic E-state index is 13.2. The van der Waals surface area contributed by atoms with Crippen LogP contribution in [-0.4, -0.2) is 48.5 Å². The van der Waals surface area contributed by atoms with E-state index in [-0.39, 0.29) is 18.3 Å². The van der Waals surface area contributed by atoms with E-state index >= 15 is 0 Å². The highest BCUT2D eigenvalue weighted by atomic mass is 35.5. The van der Waals surface area contributed by atoms with Crippen LogP contribution in [0.25, 0.3) is 10.9 Å². The first-order valence-corrected chi connectivity index (χ1v) is 9.53. The van der Waals surface area contributed by atoms with E-state index in [0.29, 0.717) is 10.7 Å². The molecule has 0 spiro atoms. The van der Waals surface area contributed by atoms with E-state index in [1.165, 1.54) is 12.1 Å². The molecular formula is C21H20ClFN4O. The molecule has 1 aliphatic rings. The Balaban J connectivity index is 1.37. The van der Waals surface area contributed by atoms with Crippen LogP contribution >= 0.6 is 11.6 Å². The molecule has 5 nitrogen and oxygen atoms in total. The summed E-state index contributed by atoms with van der Waals surface area (Å²) in [4.78, 5) is 21.0. The van der Waals surface area contributed by atoms with Crippen molar-refractivity contribution in [3.05, 3.63) is 65.6 Å². The summed E-state index contributed by atoms with van der Waals surface area (Å²) >= 11 is 6.07. The van der Waals surface area contributed by atoms with Crippen molar-refractivity contribution in [1.82, 2.24) is 9.88 Å². The number of anilines is 2. The zero-order chi connectivity index (χ0) is 19.5. The first kappa shape index (κ1) is 18.7. The van der Waals surface area contributed by atoms with Crippen molar-refractivity contribution in [3.63, 3.8) is 0 Å². The van der Waals surface area contributed by atoms with Crippen LogP contribution in [0.3, 0.4) is 0 Å². The third kappa shape index (κ3) is 4.24. The highest BCUT2D eigenvalue weighted by Gasteiger charge is 2.20. The molecule has 3 aromatic rings. The maximum Gasteiger partial charge on any atom is 0.238 e. The van der Waals surface area contributed by atoms with Crippen LogP contribution in [-0.2, 0) is 4.79 Å². The predicted molar refractivity (Wildman–Crippen MR) is 110 cm³/mol. The van der Waals surface area contributed by atoms with Gasteiger partial charge in [-0.2, -0.15) is 0 Å². The molecule has 1 aliphatic heterocycles. The summed E-state index contributed by atoms with van der Waals surface area (Å²) in [5.74, 6) is -0.500. The van der Waals surface area contributed by atoms with E-state index in [0.717, 1.165) is 42.8 Å². The number of pyridine rings is 1. The lowest BCUT2D eigenvalue weighted by molar-refractivity contribution is -0.117. The average molecular weight is 399 g/mol. The van der Waals surface area contributed by atoms with Crippen LogP contribution in [0.4, 0.5) is 15.8 Å². The second-order valence-electron chi connectivity index (χ2n) is 6.81. The monoisotopic (exact) mass is 398 g/mol. The van der Waals surface area contributed by atoms with Crippen molar-refractivity contribution in [2.24, 2.45) is 0 Å². The fraction of sp³-hybridized carbons (Fsp3) is 0.238. The number of carbonyl (C=O) groups excluding carboxylic acids is 1. The van der Waals surface area contributed by atoms with Gasteiger partial charge in [0.25, 0.3) is 0 Å². The molecular weight excluding hydrogens is 379 g/mol. The lowest BCUT2D eigenvalue weighted by Crippen LogP contribution is -2.48. The number of halogens is 2. The molecule has 0 unspecified atom stereocenters. The van der Waals surface area contributed by atoms with Crippen molar-refractivity contribution in [2.45, 2.75) is 0 Å². The predicted octanol–water partition coefficient (Wildman–Crippen LogP) is 3.79. The van der Waals surface area contributed by atoms with Gasteiger partial charge in [-0.3, -0.25) is 14.7 Å². The highest BCUT2D eigenvalue weighted by molar-refractivity contribution is 6.31. The molecule has 0 saturated carbocycles. The number of carbonyl (C=O) groups is 1. The molecule has 0 atom stereocenters. The Kier molecular flexibility index (Phi) is 5.41. The summed E-state index contributed by atoms with van der Waals surface area (Å²) in [6.07, 6.45) is 1.80. The Bertz CT molecular complexity index is 1000. The zero-order valence-electron chi connectivity index (χ0n) is 15.2. The van der Waals surface area contributed by atoms with Crippen molar-refractivity contribution in [1.29, 1.82) is 0 Å². The first-order valence-electron chi connectivity index (χ1n) is 9.15. The number of rotatable bonds is 4. The molecule has 1 aromatic heterocycles. The van der Waals surface area contributed by atoms with Crippen molar-refractivity contribution in [2.75, 3.05) is 42.9 Å². The number of hydrogen-bond donors (Lipinski definition) is 1. The Labute approximate surface area is 167 Å². The summed E-state index contributed by atoms with van der Waals surface area (Å²) in [5, 5.41) is 4.49. The fourth-order valence-electron chi connectivity index (χ4n) is 3.50. The van der Waals surface area contributed by atoms with E-state index in [4.69, 9.17) is 11.6 Å².